The van der Waals surface area contributed by atoms with E-state index in [-0.39, 0.29) is 56.8 Å². The molecule has 57 heavy (non-hydrogen) atoms. The minimum Gasteiger partial charge on any atom is -0.489 e. The van der Waals surface area contributed by atoms with Gasteiger partial charge >= 0.3 is 12.1 Å². The second-order valence-corrected chi connectivity index (χ2v) is 15.3. The highest BCUT2D eigenvalue weighted by Gasteiger charge is 2.32. The number of nitrogens with one attached hydrogen (secondary N) is 3. The Morgan fingerprint density at radius 1 is 0.877 bits per heavy atom. The predicted molar refractivity (Wildman–Crippen MR) is 216 cm³/mol. The van der Waals surface area contributed by atoms with E-state index in [0.29, 0.717) is 25.2 Å². The third kappa shape index (κ3) is 11.3. The van der Waals surface area contributed by atoms with Crippen LogP contribution in [-0.4, -0.2) is 66.4 Å². The van der Waals surface area contributed by atoms with E-state index in [1.165, 1.54) is 0 Å². The number of fused-ring (bicyclic) bond motifs is 3. The Morgan fingerprint density at radius 2 is 1.54 bits per heavy atom. The third-order valence-corrected chi connectivity index (χ3v) is 10.2. The molecular formula is C46H51N3O8. The second-order valence-electron chi connectivity index (χ2n) is 15.3. The van der Waals surface area contributed by atoms with Crippen LogP contribution in [0, 0.1) is 5.92 Å². The number of carbonyl (C=O) groups excluding carboxylic acids is 4. The number of aliphatic hydroxyl groups is 1. The smallest absolute Gasteiger partial charge is 0.407 e. The predicted octanol–water partition coefficient (Wildman–Crippen LogP) is 6.38. The van der Waals surface area contributed by atoms with Crippen LogP contribution in [0.15, 0.2) is 115 Å². The summed E-state index contributed by atoms with van der Waals surface area (Å²) < 4.78 is 17.2. The normalized spacial score (nSPS) is 18.6. The summed E-state index contributed by atoms with van der Waals surface area (Å²) in [5.41, 5.74) is 5.39. The molecule has 0 aromatic heterocycles. The summed E-state index contributed by atoms with van der Waals surface area (Å²) >= 11 is 0. The zero-order valence-corrected chi connectivity index (χ0v) is 32.4. The van der Waals surface area contributed by atoms with Gasteiger partial charge in [-0.3, -0.25) is 9.59 Å². The van der Waals surface area contributed by atoms with Gasteiger partial charge in [-0.2, -0.15) is 0 Å². The van der Waals surface area contributed by atoms with Crippen molar-refractivity contribution >= 4 is 23.9 Å². The van der Waals surface area contributed by atoms with Gasteiger partial charge in [0.25, 0.3) is 0 Å². The van der Waals surface area contributed by atoms with Crippen LogP contribution >= 0.6 is 0 Å². The van der Waals surface area contributed by atoms with Crippen LogP contribution in [0.1, 0.15) is 67.7 Å². The van der Waals surface area contributed by atoms with E-state index in [9.17, 15) is 24.3 Å². The van der Waals surface area contributed by atoms with E-state index in [2.05, 4.69) is 28.1 Å². The zero-order valence-electron chi connectivity index (χ0n) is 32.4. The maximum Gasteiger partial charge on any atom is 0.407 e. The molecule has 11 nitrogen and oxygen atoms in total. The van der Waals surface area contributed by atoms with E-state index in [1.54, 1.807) is 13.8 Å². The number of benzene rings is 4. The molecule has 4 N–H and O–H groups in total. The average Bonchev–Trinajstić information content (AvgIpc) is 3.54. The number of ether oxygens (including phenoxy) is 3. The van der Waals surface area contributed by atoms with Crippen molar-refractivity contribution in [1.29, 1.82) is 0 Å². The summed E-state index contributed by atoms with van der Waals surface area (Å²) in [6.45, 7) is 3.56. The fraction of sp³-hybridized carbons (Fsp3) is 0.348. The van der Waals surface area contributed by atoms with Crippen molar-refractivity contribution in [2.24, 2.45) is 5.92 Å². The molecule has 0 radical (unpaired) electrons. The summed E-state index contributed by atoms with van der Waals surface area (Å²) in [5, 5.41) is 18.6. The Morgan fingerprint density at radius 3 is 2.23 bits per heavy atom. The molecule has 0 fully saturated rings. The van der Waals surface area contributed by atoms with Crippen molar-refractivity contribution in [3.05, 3.63) is 138 Å². The van der Waals surface area contributed by atoms with Crippen molar-refractivity contribution in [1.82, 2.24) is 16.0 Å². The summed E-state index contributed by atoms with van der Waals surface area (Å²) in [5.74, 6) is -1.51. The molecule has 2 aliphatic rings. The van der Waals surface area contributed by atoms with Crippen molar-refractivity contribution in [2.75, 3.05) is 19.8 Å². The van der Waals surface area contributed by atoms with Crippen LogP contribution in [-0.2, 0) is 36.9 Å². The number of hydrogen-bond acceptors (Lipinski definition) is 8. The van der Waals surface area contributed by atoms with E-state index in [4.69, 9.17) is 14.2 Å². The Hall–Kier alpha value is -5.94. The van der Waals surface area contributed by atoms with Crippen molar-refractivity contribution in [3.63, 3.8) is 0 Å². The first-order valence-electron chi connectivity index (χ1n) is 19.5. The van der Waals surface area contributed by atoms with Crippen LogP contribution in [0.2, 0.25) is 0 Å². The lowest BCUT2D eigenvalue weighted by molar-refractivity contribution is -0.149. The molecule has 0 unspecified atom stereocenters. The molecule has 6 rings (SSSR count). The first-order valence-corrected chi connectivity index (χ1v) is 19.5. The van der Waals surface area contributed by atoms with Gasteiger partial charge in [0.2, 0.25) is 11.8 Å². The zero-order chi connectivity index (χ0) is 40.2. The lowest BCUT2D eigenvalue weighted by Gasteiger charge is -2.29. The molecule has 0 spiro atoms. The van der Waals surface area contributed by atoms with E-state index < -0.39 is 35.6 Å². The first kappa shape index (κ1) is 40.7. The van der Waals surface area contributed by atoms with Crippen LogP contribution in [0.4, 0.5) is 4.79 Å². The van der Waals surface area contributed by atoms with Gasteiger partial charge < -0.3 is 35.3 Å². The fourth-order valence-corrected chi connectivity index (χ4v) is 7.20. The Labute approximate surface area is 333 Å². The van der Waals surface area contributed by atoms with E-state index in [0.717, 1.165) is 33.4 Å². The number of alkyl carbamates (subject to hydrolysis) is 1. The molecule has 1 aliphatic heterocycles. The number of cyclic esters (lactones) is 1. The lowest BCUT2D eigenvalue weighted by Crippen LogP contribution is -2.51. The van der Waals surface area contributed by atoms with E-state index >= 15 is 0 Å². The van der Waals surface area contributed by atoms with Crippen molar-refractivity contribution in [2.45, 2.75) is 76.1 Å². The third-order valence-electron chi connectivity index (χ3n) is 10.2. The Kier molecular flexibility index (Phi) is 13.8. The number of allylic oxidation sites excluding steroid dienone is 2. The molecule has 3 amide bonds. The maximum absolute atomic E-state index is 13.5. The Bertz CT molecular complexity index is 1990. The van der Waals surface area contributed by atoms with Gasteiger partial charge in [-0.15, -0.1) is 0 Å². The molecule has 1 heterocycles. The van der Waals surface area contributed by atoms with Gasteiger partial charge in [-0.1, -0.05) is 103 Å². The summed E-state index contributed by atoms with van der Waals surface area (Å²) in [6, 6.07) is 31.9. The number of esters is 1. The van der Waals surface area contributed by atoms with Gasteiger partial charge in [-0.05, 0) is 85.0 Å². The van der Waals surface area contributed by atoms with Crippen molar-refractivity contribution < 1.29 is 38.5 Å². The Balaban J connectivity index is 1.01. The van der Waals surface area contributed by atoms with Gasteiger partial charge in [0.1, 0.15) is 31.6 Å². The molecule has 11 heteroatoms. The van der Waals surface area contributed by atoms with Crippen LogP contribution < -0.4 is 20.7 Å². The number of aliphatic hydroxyl groups excluding tert-OH is 1. The second kappa shape index (κ2) is 19.3. The minimum absolute atomic E-state index is 0.104. The molecule has 1 aliphatic carbocycles. The molecule has 0 bridgehead atoms. The van der Waals surface area contributed by atoms with Gasteiger partial charge in [0.05, 0.1) is 24.1 Å². The van der Waals surface area contributed by atoms with Gasteiger partial charge in [0.15, 0.2) is 0 Å². The number of rotatable bonds is 12. The highest BCUT2D eigenvalue weighted by Crippen LogP contribution is 2.44. The average molecular weight is 774 g/mol. The highest BCUT2D eigenvalue weighted by molar-refractivity contribution is 5.87. The quantitative estimate of drug-likeness (QED) is 0.0957. The molecule has 0 saturated carbocycles. The fourth-order valence-electron chi connectivity index (χ4n) is 7.20. The lowest BCUT2D eigenvalue weighted by atomic mass is 9.96. The molecule has 3 atom stereocenters. The summed E-state index contributed by atoms with van der Waals surface area (Å²) in [4.78, 5) is 53.1. The minimum atomic E-state index is -0.979. The van der Waals surface area contributed by atoms with Crippen molar-refractivity contribution in [3.8, 4) is 16.9 Å². The number of hydrogen-bond donors (Lipinski definition) is 4. The molecule has 0 saturated heterocycles. The summed E-state index contributed by atoms with van der Waals surface area (Å²) in [6.07, 6.45) is 4.09. The highest BCUT2D eigenvalue weighted by atomic mass is 16.6. The first-order chi connectivity index (χ1) is 27.6. The number of carbonyl (C=O) groups is 4. The van der Waals surface area contributed by atoms with Crippen LogP contribution in [0.3, 0.4) is 0 Å². The molecule has 4 aromatic rings. The van der Waals surface area contributed by atoms with Gasteiger partial charge in [-0.25, -0.2) is 9.59 Å². The monoisotopic (exact) mass is 773 g/mol. The largest absolute Gasteiger partial charge is 0.489 e. The van der Waals surface area contributed by atoms with Crippen LogP contribution in [0.5, 0.6) is 5.75 Å². The molecular weight excluding hydrogens is 723 g/mol. The standard InChI is InChI=1S/C46H51N3O8/c1-46(2)30-57-44(53)41(48-45(54)56-29-40-38-18-11-9-16-36(38)37-17-10-12-19-39(37)40)20-8-4-7-15-33(43(52)49-46)26-42(51)47-34(27-50)25-31-21-23-35(24-22-31)55-28-32-13-5-3-6-14-32/h3-7,9-14,16-19,21-24,33-34,40-41,50H,8,15,20,25-30H2,1-2H3,(H,47,51)(H,48,54)(H,49,52)/t33-,34+,41+/m1/s1. The summed E-state index contributed by atoms with van der Waals surface area (Å²) in [7, 11) is 0. The van der Waals surface area contributed by atoms with Crippen LogP contribution in [0.25, 0.3) is 11.1 Å². The molecule has 4 aromatic carbocycles. The number of amides is 3. The topological polar surface area (TPSA) is 152 Å². The molecule has 298 valence electrons. The SMILES string of the molecule is CC1(C)COC(=O)[C@@H](NC(=O)OCC2c3ccccc3-c3ccccc32)CCC=CC[C@H](CC(=O)N[C@H](CO)Cc2ccc(OCc3ccccc3)cc2)C(=O)N1. The van der Waals surface area contributed by atoms with E-state index in [1.807, 2.05) is 103 Å². The maximum atomic E-state index is 13.5. The van der Waals surface area contributed by atoms with Gasteiger partial charge in [0, 0.05) is 12.3 Å².